The van der Waals surface area contributed by atoms with Crippen molar-refractivity contribution in [3.05, 3.63) is 73.2 Å². The van der Waals surface area contributed by atoms with E-state index >= 15 is 0 Å². The number of aliphatic hydroxyl groups excluding tert-OH is 2. The van der Waals surface area contributed by atoms with Gasteiger partial charge in [0.1, 0.15) is 24.1 Å². The van der Waals surface area contributed by atoms with Gasteiger partial charge in [0.25, 0.3) is 5.56 Å². The SMILES string of the molecule is O=c1[nH]c(=O)n([C@@H]2O[C@H](COCc3ccc(F)cc3)[C@@H](O)[C@@H]2O)cc1/C=C/Br. The third-order valence-corrected chi connectivity index (χ3v) is 4.58. The lowest BCUT2D eigenvalue weighted by molar-refractivity contribution is -0.0711. The van der Waals surface area contributed by atoms with Crippen molar-refractivity contribution in [2.45, 2.75) is 31.1 Å². The molecule has 0 aliphatic carbocycles. The number of ether oxygens (including phenoxy) is 2. The van der Waals surface area contributed by atoms with E-state index in [9.17, 15) is 24.2 Å². The number of aromatic amines is 1. The Morgan fingerprint density at radius 2 is 1.96 bits per heavy atom. The van der Waals surface area contributed by atoms with Crippen LogP contribution in [0.3, 0.4) is 0 Å². The Hall–Kier alpha value is -2.11. The number of nitrogens with zero attached hydrogens (tertiary/aromatic N) is 1. The van der Waals surface area contributed by atoms with Crippen molar-refractivity contribution in [2.75, 3.05) is 6.61 Å². The molecule has 28 heavy (non-hydrogen) atoms. The van der Waals surface area contributed by atoms with Crippen molar-refractivity contribution < 1.29 is 24.1 Å². The highest BCUT2D eigenvalue weighted by Crippen LogP contribution is 2.28. The average molecular weight is 457 g/mol. The van der Waals surface area contributed by atoms with Gasteiger partial charge in [-0.1, -0.05) is 28.1 Å². The summed E-state index contributed by atoms with van der Waals surface area (Å²) in [5.74, 6) is -0.357. The molecule has 1 aliphatic rings. The number of H-pyrrole nitrogens is 1. The van der Waals surface area contributed by atoms with Crippen LogP contribution in [0.1, 0.15) is 17.4 Å². The molecule has 1 fully saturated rings. The van der Waals surface area contributed by atoms with E-state index in [1.54, 1.807) is 12.1 Å². The van der Waals surface area contributed by atoms with Crippen LogP contribution in [0.15, 0.2) is 45.0 Å². The monoisotopic (exact) mass is 456 g/mol. The molecule has 0 spiro atoms. The highest BCUT2D eigenvalue weighted by Gasteiger charge is 2.44. The van der Waals surface area contributed by atoms with Crippen molar-refractivity contribution >= 4 is 22.0 Å². The van der Waals surface area contributed by atoms with E-state index in [2.05, 4.69) is 20.9 Å². The van der Waals surface area contributed by atoms with Gasteiger partial charge in [-0.15, -0.1) is 0 Å². The second kappa shape index (κ2) is 8.93. The predicted molar refractivity (Wildman–Crippen MR) is 101 cm³/mol. The van der Waals surface area contributed by atoms with Crippen LogP contribution >= 0.6 is 15.9 Å². The van der Waals surface area contributed by atoms with E-state index in [1.165, 1.54) is 29.4 Å². The van der Waals surface area contributed by atoms with Crippen LogP contribution in [0.25, 0.3) is 6.08 Å². The van der Waals surface area contributed by atoms with Crippen molar-refractivity contribution in [3.8, 4) is 0 Å². The number of nitrogens with one attached hydrogen (secondary N) is 1. The van der Waals surface area contributed by atoms with E-state index in [0.29, 0.717) is 0 Å². The van der Waals surface area contributed by atoms with Gasteiger partial charge >= 0.3 is 5.69 Å². The van der Waals surface area contributed by atoms with Gasteiger partial charge in [0.15, 0.2) is 6.23 Å². The van der Waals surface area contributed by atoms with Gasteiger partial charge in [-0.3, -0.25) is 14.3 Å². The van der Waals surface area contributed by atoms with Crippen molar-refractivity contribution in [2.24, 2.45) is 0 Å². The first-order valence-electron chi connectivity index (χ1n) is 8.36. The Bertz CT molecular complexity index is 958. The second-order valence-electron chi connectivity index (χ2n) is 6.23. The van der Waals surface area contributed by atoms with E-state index in [0.717, 1.165) is 10.1 Å². The standard InChI is InChI=1S/C18H18BrFN2O6/c19-6-5-11-7-22(18(26)21-16(11)25)17-15(24)14(23)13(28-17)9-27-8-10-1-3-12(20)4-2-10/h1-7,13-15,17,23-24H,8-9H2,(H,21,25,26)/b6-5+/t13-,14-,15+,17-/m1/s1. The summed E-state index contributed by atoms with van der Waals surface area (Å²) in [6, 6.07) is 5.75. The van der Waals surface area contributed by atoms with Crippen molar-refractivity contribution in [1.29, 1.82) is 0 Å². The average Bonchev–Trinajstić information content (AvgIpc) is 2.94. The zero-order valence-electron chi connectivity index (χ0n) is 14.5. The van der Waals surface area contributed by atoms with E-state index in [4.69, 9.17) is 9.47 Å². The summed E-state index contributed by atoms with van der Waals surface area (Å²) in [6.45, 7) is 0.102. The van der Waals surface area contributed by atoms with Crippen LogP contribution in [0, 0.1) is 5.82 Å². The topological polar surface area (TPSA) is 114 Å². The number of benzene rings is 1. The molecule has 4 atom stereocenters. The molecule has 0 saturated carbocycles. The second-order valence-corrected chi connectivity index (χ2v) is 6.76. The zero-order valence-corrected chi connectivity index (χ0v) is 16.1. The van der Waals surface area contributed by atoms with Crippen LogP contribution in [0.2, 0.25) is 0 Å². The Balaban J connectivity index is 1.70. The summed E-state index contributed by atoms with van der Waals surface area (Å²) in [4.78, 5) is 27.5. The summed E-state index contributed by atoms with van der Waals surface area (Å²) in [6.07, 6.45) is -2.12. The molecule has 0 amide bonds. The van der Waals surface area contributed by atoms with Crippen LogP contribution in [-0.2, 0) is 16.1 Å². The number of aromatic nitrogens is 2. The highest BCUT2D eigenvalue weighted by molar-refractivity contribution is 9.11. The van der Waals surface area contributed by atoms with Crippen LogP contribution < -0.4 is 11.2 Å². The number of hydrogen-bond acceptors (Lipinski definition) is 6. The largest absolute Gasteiger partial charge is 0.387 e. The van der Waals surface area contributed by atoms with Crippen LogP contribution in [-0.4, -0.2) is 44.7 Å². The van der Waals surface area contributed by atoms with Gasteiger partial charge in [-0.05, 0) is 28.8 Å². The maximum absolute atomic E-state index is 12.9. The molecule has 1 aliphatic heterocycles. The first-order valence-corrected chi connectivity index (χ1v) is 9.28. The van der Waals surface area contributed by atoms with E-state index in [1.807, 2.05) is 0 Å². The predicted octanol–water partition coefficient (Wildman–Crippen LogP) is 0.877. The molecular weight excluding hydrogens is 439 g/mol. The summed E-state index contributed by atoms with van der Waals surface area (Å²) >= 11 is 3.05. The molecule has 0 bridgehead atoms. The fourth-order valence-corrected chi connectivity index (χ4v) is 3.13. The molecule has 0 radical (unpaired) electrons. The highest BCUT2D eigenvalue weighted by atomic mass is 79.9. The Morgan fingerprint density at radius 3 is 2.64 bits per heavy atom. The lowest BCUT2D eigenvalue weighted by Gasteiger charge is -2.17. The molecule has 1 aromatic carbocycles. The fourth-order valence-electron chi connectivity index (χ4n) is 2.85. The lowest BCUT2D eigenvalue weighted by atomic mass is 10.1. The minimum absolute atomic E-state index is 0.0572. The maximum Gasteiger partial charge on any atom is 0.330 e. The van der Waals surface area contributed by atoms with Crippen molar-refractivity contribution in [1.82, 2.24) is 9.55 Å². The molecule has 0 unspecified atom stereocenters. The smallest absolute Gasteiger partial charge is 0.330 e. The first-order chi connectivity index (χ1) is 13.4. The molecule has 1 aromatic heterocycles. The van der Waals surface area contributed by atoms with Crippen molar-refractivity contribution in [3.63, 3.8) is 0 Å². The van der Waals surface area contributed by atoms with Gasteiger partial charge in [0.05, 0.1) is 18.8 Å². The van der Waals surface area contributed by atoms with Crippen LogP contribution in [0.5, 0.6) is 0 Å². The molecule has 2 heterocycles. The summed E-state index contributed by atoms with van der Waals surface area (Å²) in [7, 11) is 0. The first kappa shape index (κ1) is 20.6. The van der Waals surface area contributed by atoms with E-state index in [-0.39, 0.29) is 24.6 Å². The zero-order chi connectivity index (χ0) is 20.3. The fraction of sp³-hybridized carbons (Fsp3) is 0.333. The number of aliphatic hydroxyl groups is 2. The normalized spacial score (nSPS) is 24.9. The number of hydrogen-bond donors (Lipinski definition) is 3. The van der Waals surface area contributed by atoms with Crippen LogP contribution in [0.4, 0.5) is 4.39 Å². The molecular formula is C18H18BrFN2O6. The maximum atomic E-state index is 12.9. The molecule has 150 valence electrons. The molecule has 8 nitrogen and oxygen atoms in total. The summed E-state index contributed by atoms with van der Waals surface area (Å²) < 4.78 is 25.0. The minimum Gasteiger partial charge on any atom is -0.387 e. The molecule has 1 saturated heterocycles. The third-order valence-electron chi connectivity index (χ3n) is 4.31. The minimum atomic E-state index is -1.40. The summed E-state index contributed by atoms with van der Waals surface area (Å²) in [5, 5.41) is 20.5. The Morgan fingerprint density at radius 1 is 1.25 bits per heavy atom. The molecule has 10 heteroatoms. The third kappa shape index (κ3) is 4.47. The molecule has 3 N–H and O–H groups in total. The number of rotatable bonds is 6. The summed E-state index contributed by atoms with van der Waals surface area (Å²) in [5.41, 5.74) is -0.475. The van der Waals surface area contributed by atoms with Gasteiger partial charge in [0, 0.05) is 6.20 Å². The Labute approximate surface area is 167 Å². The van der Waals surface area contributed by atoms with Gasteiger partial charge in [-0.2, -0.15) is 0 Å². The lowest BCUT2D eigenvalue weighted by Crippen LogP contribution is -2.38. The van der Waals surface area contributed by atoms with Gasteiger partial charge in [0.2, 0.25) is 0 Å². The van der Waals surface area contributed by atoms with Gasteiger partial charge < -0.3 is 19.7 Å². The van der Waals surface area contributed by atoms with Gasteiger partial charge in [-0.25, -0.2) is 9.18 Å². The van der Waals surface area contributed by atoms with E-state index < -0.39 is 35.8 Å². The quantitative estimate of drug-likeness (QED) is 0.594. The molecule has 3 rings (SSSR count). The number of halogens is 2. The Kier molecular flexibility index (Phi) is 6.57. The molecule has 2 aromatic rings.